The van der Waals surface area contributed by atoms with Gasteiger partial charge in [-0.1, -0.05) is 6.92 Å². The van der Waals surface area contributed by atoms with Crippen LogP contribution in [-0.2, 0) is 0 Å². The van der Waals surface area contributed by atoms with E-state index in [-0.39, 0.29) is 0 Å². The van der Waals surface area contributed by atoms with Crippen molar-refractivity contribution in [2.75, 3.05) is 11.9 Å². The van der Waals surface area contributed by atoms with E-state index in [1.165, 1.54) is 11.1 Å². The Hall–Kier alpha value is -1.72. The Kier molecular flexibility index (Phi) is 1.80. The Bertz CT molecular complexity index is 478. The SMILES string of the molecule is CC1CC1CNc1ccc2nnnn2n1. The van der Waals surface area contributed by atoms with Gasteiger partial charge in [-0.3, -0.25) is 0 Å². The van der Waals surface area contributed by atoms with E-state index in [1.807, 2.05) is 12.1 Å². The number of nitrogens with zero attached hydrogens (tertiary/aromatic N) is 5. The van der Waals surface area contributed by atoms with E-state index in [0.29, 0.717) is 5.65 Å². The molecule has 0 radical (unpaired) electrons. The molecule has 1 aliphatic carbocycles. The van der Waals surface area contributed by atoms with E-state index in [9.17, 15) is 0 Å². The molecule has 2 heterocycles. The first-order valence-electron chi connectivity index (χ1n) is 5.12. The fourth-order valence-electron chi connectivity index (χ4n) is 1.66. The molecule has 0 spiro atoms. The minimum absolute atomic E-state index is 0.667. The van der Waals surface area contributed by atoms with Crippen molar-refractivity contribution in [1.82, 2.24) is 25.3 Å². The van der Waals surface area contributed by atoms with Gasteiger partial charge in [0.15, 0.2) is 5.65 Å². The molecular formula is C9H12N6. The molecule has 1 N–H and O–H groups in total. The fourth-order valence-corrected chi connectivity index (χ4v) is 1.66. The molecule has 2 aromatic heterocycles. The summed E-state index contributed by atoms with van der Waals surface area (Å²) >= 11 is 0. The second-order valence-electron chi connectivity index (χ2n) is 4.10. The molecule has 0 bridgehead atoms. The van der Waals surface area contributed by atoms with Crippen LogP contribution in [0.4, 0.5) is 5.82 Å². The molecule has 0 amide bonds. The molecule has 2 aromatic rings. The lowest BCUT2D eigenvalue weighted by molar-refractivity contribution is 0.727. The standard InChI is InChI=1S/C9H12N6/c1-6-4-7(6)5-10-8-2-3-9-11-13-14-15(9)12-8/h2-3,6-7H,4-5H2,1H3,(H,10,12). The highest BCUT2D eigenvalue weighted by molar-refractivity contribution is 5.42. The third kappa shape index (κ3) is 1.62. The van der Waals surface area contributed by atoms with Gasteiger partial charge in [-0.2, -0.15) is 0 Å². The number of rotatable bonds is 3. The first-order chi connectivity index (χ1) is 7.33. The molecule has 1 fully saturated rings. The highest BCUT2D eigenvalue weighted by atomic mass is 15.6. The van der Waals surface area contributed by atoms with Crippen LogP contribution in [0.5, 0.6) is 0 Å². The molecule has 3 rings (SSSR count). The van der Waals surface area contributed by atoms with Crippen molar-refractivity contribution in [3.63, 3.8) is 0 Å². The third-order valence-electron chi connectivity index (χ3n) is 2.89. The highest BCUT2D eigenvalue weighted by Crippen LogP contribution is 2.37. The second-order valence-corrected chi connectivity index (χ2v) is 4.10. The molecular weight excluding hydrogens is 192 g/mol. The van der Waals surface area contributed by atoms with Crippen LogP contribution in [0.2, 0.25) is 0 Å². The molecule has 2 atom stereocenters. The lowest BCUT2D eigenvalue weighted by Crippen LogP contribution is -2.08. The first kappa shape index (κ1) is 8.58. The Balaban J connectivity index is 1.73. The van der Waals surface area contributed by atoms with Gasteiger partial charge in [0.1, 0.15) is 5.82 Å². The number of aromatic nitrogens is 5. The quantitative estimate of drug-likeness (QED) is 0.792. The van der Waals surface area contributed by atoms with Crippen LogP contribution in [0.15, 0.2) is 12.1 Å². The predicted octanol–water partition coefficient (Wildman–Crippen LogP) is 0.587. The molecule has 0 aliphatic heterocycles. The van der Waals surface area contributed by atoms with Crippen molar-refractivity contribution in [1.29, 1.82) is 0 Å². The lowest BCUT2D eigenvalue weighted by atomic mass is 10.3. The van der Waals surface area contributed by atoms with Crippen molar-refractivity contribution in [3.8, 4) is 0 Å². The number of hydrogen-bond donors (Lipinski definition) is 1. The summed E-state index contributed by atoms with van der Waals surface area (Å²) in [6.45, 7) is 3.26. The minimum atomic E-state index is 0.667. The van der Waals surface area contributed by atoms with Crippen LogP contribution >= 0.6 is 0 Å². The van der Waals surface area contributed by atoms with Crippen molar-refractivity contribution < 1.29 is 0 Å². The van der Waals surface area contributed by atoms with E-state index < -0.39 is 0 Å². The highest BCUT2D eigenvalue weighted by Gasteiger charge is 2.31. The Morgan fingerprint density at radius 3 is 3.20 bits per heavy atom. The van der Waals surface area contributed by atoms with Gasteiger partial charge in [0, 0.05) is 6.54 Å². The third-order valence-corrected chi connectivity index (χ3v) is 2.89. The van der Waals surface area contributed by atoms with E-state index in [1.54, 1.807) is 0 Å². The molecule has 2 unspecified atom stereocenters. The smallest absolute Gasteiger partial charge is 0.200 e. The lowest BCUT2D eigenvalue weighted by Gasteiger charge is -2.03. The fraction of sp³-hybridized carbons (Fsp3) is 0.556. The van der Waals surface area contributed by atoms with E-state index in [4.69, 9.17) is 0 Å². The van der Waals surface area contributed by atoms with Gasteiger partial charge in [0.25, 0.3) is 0 Å². The van der Waals surface area contributed by atoms with Gasteiger partial charge in [0.2, 0.25) is 0 Å². The molecule has 6 nitrogen and oxygen atoms in total. The number of nitrogens with one attached hydrogen (secondary N) is 1. The number of hydrogen-bond acceptors (Lipinski definition) is 5. The zero-order valence-electron chi connectivity index (χ0n) is 8.46. The van der Waals surface area contributed by atoms with Gasteiger partial charge >= 0.3 is 0 Å². The summed E-state index contributed by atoms with van der Waals surface area (Å²) in [6, 6.07) is 3.75. The van der Waals surface area contributed by atoms with Crippen LogP contribution in [0.3, 0.4) is 0 Å². The van der Waals surface area contributed by atoms with Crippen molar-refractivity contribution >= 4 is 11.5 Å². The Labute approximate surface area is 86.7 Å². The topological polar surface area (TPSA) is 68.0 Å². The van der Waals surface area contributed by atoms with Crippen molar-refractivity contribution in [3.05, 3.63) is 12.1 Å². The summed E-state index contributed by atoms with van der Waals surface area (Å²) in [5, 5.41) is 18.6. The predicted molar refractivity (Wildman–Crippen MR) is 54.3 cm³/mol. The van der Waals surface area contributed by atoms with E-state index in [2.05, 4.69) is 32.9 Å². The average molecular weight is 204 g/mol. The van der Waals surface area contributed by atoms with Crippen molar-refractivity contribution in [2.24, 2.45) is 11.8 Å². The normalized spacial score (nSPS) is 24.3. The summed E-state index contributed by atoms with van der Waals surface area (Å²) in [4.78, 5) is 0. The van der Waals surface area contributed by atoms with Gasteiger partial charge in [-0.25, -0.2) is 0 Å². The van der Waals surface area contributed by atoms with E-state index in [0.717, 1.165) is 24.2 Å². The zero-order chi connectivity index (χ0) is 10.3. The Morgan fingerprint density at radius 2 is 2.40 bits per heavy atom. The summed E-state index contributed by atoms with van der Waals surface area (Å²) in [6.07, 6.45) is 1.32. The van der Waals surface area contributed by atoms with Crippen LogP contribution in [0, 0.1) is 11.8 Å². The Morgan fingerprint density at radius 1 is 1.53 bits per heavy atom. The maximum absolute atomic E-state index is 4.23. The minimum Gasteiger partial charge on any atom is -0.368 e. The summed E-state index contributed by atoms with van der Waals surface area (Å²) in [5.74, 6) is 2.49. The molecule has 15 heavy (non-hydrogen) atoms. The van der Waals surface area contributed by atoms with Gasteiger partial charge in [-0.05, 0) is 40.8 Å². The summed E-state index contributed by atoms with van der Waals surface area (Å²) < 4.78 is 1.43. The first-order valence-corrected chi connectivity index (χ1v) is 5.12. The van der Waals surface area contributed by atoms with Gasteiger partial charge in [0.05, 0.1) is 0 Å². The van der Waals surface area contributed by atoms with Gasteiger partial charge in [-0.15, -0.1) is 14.8 Å². The summed E-state index contributed by atoms with van der Waals surface area (Å²) in [5.41, 5.74) is 0.667. The molecule has 0 aromatic carbocycles. The van der Waals surface area contributed by atoms with Crippen molar-refractivity contribution in [2.45, 2.75) is 13.3 Å². The number of tetrazole rings is 1. The maximum atomic E-state index is 4.23. The molecule has 78 valence electrons. The zero-order valence-corrected chi connectivity index (χ0v) is 8.46. The molecule has 6 heteroatoms. The largest absolute Gasteiger partial charge is 0.368 e. The molecule has 1 saturated carbocycles. The summed E-state index contributed by atoms with van der Waals surface area (Å²) in [7, 11) is 0. The van der Waals surface area contributed by atoms with Crippen LogP contribution in [-0.4, -0.2) is 31.8 Å². The number of anilines is 1. The van der Waals surface area contributed by atoms with Crippen LogP contribution in [0.1, 0.15) is 13.3 Å². The average Bonchev–Trinajstić information content (AvgIpc) is 2.78. The molecule has 0 saturated heterocycles. The van der Waals surface area contributed by atoms with E-state index >= 15 is 0 Å². The number of fused-ring (bicyclic) bond motifs is 1. The monoisotopic (exact) mass is 204 g/mol. The van der Waals surface area contributed by atoms with Crippen LogP contribution < -0.4 is 5.32 Å². The second kappa shape index (κ2) is 3.15. The maximum Gasteiger partial charge on any atom is 0.200 e. The van der Waals surface area contributed by atoms with Gasteiger partial charge < -0.3 is 5.32 Å². The van der Waals surface area contributed by atoms with Crippen LogP contribution in [0.25, 0.3) is 5.65 Å². The molecule has 1 aliphatic rings.